The molecule has 1 fully saturated rings. The second-order valence-electron chi connectivity index (χ2n) is 11.2. The highest BCUT2D eigenvalue weighted by Gasteiger charge is 2.47. The average molecular weight is 741 g/mol. The second kappa shape index (κ2) is 19.4. The third-order valence-corrected chi connectivity index (χ3v) is 8.97. The standard InChI is InChI=1S/C36H35F3N4O8S/c1-3-14-47-32(44)12-13-33(45)48-20-34(46)51-36(21-43-23-41-22-42-43,29-11-10-27(37)16-31(29)39)24(2)52-28-18-49-35(50-19-28)7-5-4-6-26-9-8-25(17-40)15-30(26)38/h3-11,15-16,22-24,28,35H,1,12-14,18-21H2,2H3/t24-,28?,35?,36-/m1/s1. The van der Waals surface area contributed by atoms with E-state index >= 15 is 4.39 Å². The Bertz CT molecular complexity index is 1810. The SMILES string of the molecule is C=CCOC(=O)CCC(=O)OCC(=O)O[C@@](Cn1cncn1)(c1ccc(F)cc1F)[C@@H](C)SC1COC(C=CC=Cc2ccc(C#N)cc2F)OC1. The molecule has 0 amide bonds. The summed E-state index contributed by atoms with van der Waals surface area (Å²) in [6, 6.07) is 8.88. The number of esters is 3. The van der Waals surface area contributed by atoms with Crippen LogP contribution in [0.4, 0.5) is 13.2 Å². The Kier molecular flexibility index (Phi) is 14.7. The van der Waals surface area contributed by atoms with E-state index in [0.717, 1.165) is 12.1 Å². The minimum Gasteiger partial charge on any atom is -0.461 e. The first-order chi connectivity index (χ1) is 25.0. The molecule has 2 atom stereocenters. The number of ether oxygens (including phenoxy) is 5. The van der Waals surface area contributed by atoms with Crippen molar-refractivity contribution < 1.29 is 51.2 Å². The summed E-state index contributed by atoms with van der Waals surface area (Å²) < 4.78 is 72.6. The lowest BCUT2D eigenvalue weighted by Crippen LogP contribution is -2.47. The number of carbonyl (C=O) groups is 3. The van der Waals surface area contributed by atoms with Crippen molar-refractivity contribution in [3.8, 4) is 6.07 Å². The minimum atomic E-state index is -1.85. The lowest BCUT2D eigenvalue weighted by Gasteiger charge is -2.40. The molecule has 16 heteroatoms. The monoisotopic (exact) mass is 740 g/mol. The van der Waals surface area contributed by atoms with Crippen molar-refractivity contribution in [2.45, 2.75) is 48.7 Å². The molecule has 0 aliphatic carbocycles. The van der Waals surface area contributed by atoms with Crippen LogP contribution < -0.4 is 0 Å². The highest BCUT2D eigenvalue weighted by atomic mass is 32.2. The highest BCUT2D eigenvalue weighted by Crippen LogP contribution is 2.42. The number of rotatable bonds is 17. The molecule has 274 valence electrons. The largest absolute Gasteiger partial charge is 0.461 e. The lowest BCUT2D eigenvalue weighted by atomic mass is 9.89. The van der Waals surface area contributed by atoms with E-state index in [2.05, 4.69) is 16.7 Å². The van der Waals surface area contributed by atoms with Crippen molar-refractivity contribution in [2.75, 3.05) is 26.4 Å². The number of nitrogens with zero attached hydrogens (tertiary/aromatic N) is 4. The summed E-state index contributed by atoms with van der Waals surface area (Å²) in [5, 5.41) is 11.9. The maximum absolute atomic E-state index is 15.6. The number of halogens is 3. The van der Waals surface area contributed by atoms with Crippen molar-refractivity contribution in [1.29, 1.82) is 5.26 Å². The first kappa shape index (κ1) is 39.5. The van der Waals surface area contributed by atoms with Gasteiger partial charge in [0.25, 0.3) is 0 Å². The van der Waals surface area contributed by atoms with Crippen molar-refractivity contribution in [1.82, 2.24) is 14.8 Å². The maximum atomic E-state index is 15.6. The zero-order valence-corrected chi connectivity index (χ0v) is 28.8. The van der Waals surface area contributed by atoms with Crippen LogP contribution in [0.1, 0.15) is 36.5 Å². The molecule has 12 nitrogen and oxygen atoms in total. The van der Waals surface area contributed by atoms with Gasteiger partial charge in [0.05, 0.1) is 49.5 Å². The summed E-state index contributed by atoms with van der Waals surface area (Å²) >= 11 is 1.26. The van der Waals surface area contributed by atoms with Gasteiger partial charge in [-0.05, 0) is 37.3 Å². The highest BCUT2D eigenvalue weighted by molar-refractivity contribution is 8.00. The Labute approximate surface area is 301 Å². The molecule has 0 bridgehead atoms. The van der Waals surface area contributed by atoms with Gasteiger partial charge in [0.15, 0.2) is 18.5 Å². The van der Waals surface area contributed by atoms with E-state index in [1.807, 2.05) is 6.07 Å². The fourth-order valence-electron chi connectivity index (χ4n) is 5.00. The van der Waals surface area contributed by atoms with E-state index in [4.69, 9.17) is 28.9 Å². The Morgan fingerprint density at radius 2 is 1.83 bits per heavy atom. The quantitative estimate of drug-likeness (QED) is 0.0775. The van der Waals surface area contributed by atoms with Crippen LogP contribution in [0.2, 0.25) is 0 Å². The van der Waals surface area contributed by atoms with Gasteiger partial charge in [-0.25, -0.2) is 27.6 Å². The van der Waals surface area contributed by atoms with E-state index in [-0.39, 0.29) is 55.6 Å². The number of hydrogen-bond donors (Lipinski definition) is 0. The molecule has 52 heavy (non-hydrogen) atoms. The number of benzene rings is 2. The molecule has 0 N–H and O–H groups in total. The van der Waals surface area contributed by atoms with Crippen LogP contribution in [-0.2, 0) is 50.2 Å². The molecule has 1 aliphatic rings. The zero-order chi connectivity index (χ0) is 37.5. The smallest absolute Gasteiger partial charge is 0.345 e. The summed E-state index contributed by atoms with van der Waals surface area (Å²) in [6.45, 7) is 4.30. The average Bonchev–Trinajstić information content (AvgIpc) is 3.64. The Morgan fingerprint density at radius 3 is 2.48 bits per heavy atom. The van der Waals surface area contributed by atoms with Crippen LogP contribution in [0.5, 0.6) is 0 Å². The fourth-order valence-corrected chi connectivity index (χ4v) is 6.36. The van der Waals surface area contributed by atoms with Gasteiger partial charge in [0, 0.05) is 22.4 Å². The molecule has 1 aliphatic heterocycles. The van der Waals surface area contributed by atoms with Gasteiger partial charge in [-0.15, -0.1) is 11.8 Å². The number of carbonyl (C=O) groups excluding carboxylic acids is 3. The molecule has 0 radical (unpaired) electrons. The first-order valence-electron chi connectivity index (χ1n) is 15.9. The van der Waals surface area contributed by atoms with Crippen molar-refractivity contribution in [2.24, 2.45) is 0 Å². The van der Waals surface area contributed by atoms with E-state index < -0.39 is 59.1 Å². The zero-order valence-electron chi connectivity index (χ0n) is 28.0. The van der Waals surface area contributed by atoms with Crippen LogP contribution >= 0.6 is 11.8 Å². The molecule has 0 unspecified atom stereocenters. The molecule has 2 aromatic carbocycles. The minimum absolute atomic E-state index is 0.0240. The Morgan fingerprint density at radius 1 is 1.08 bits per heavy atom. The molecule has 0 spiro atoms. The fraction of sp³-hybridized carbons (Fsp3) is 0.333. The summed E-state index contributed by atoms with van der Waals surface area (Å²) in [6.07, 6.45) is 8.94. The molecule has 1 saturated heterocycles. The number of allylic oxidation sites excluding steroid dienone is 2. The predicted octanol–water partition coefficient (Wildman–Crippen LogP) is 5.19. The van der Waals surface area contributed by atoms with E-state index in [0.29, 0.717) is 11.6 Å². The molecular weight excluding hydrogens is 705 g/mol. The Balaban J connectivity index is 1.46. The number of aromatic nitrogens is 3. The third kappa shape index (κ3) is 11.4. The second-order valence-corrected chi connectivity index (χ2v) is 12.9. The van der Waals surface area contributed by atoms with Crippen molar-refractivity contribution in [3.05, 3.63) is 114 Å². The Hall–Kier alpha value is -5.24. The van der Waals surface area contributed by atoms with Gasteiger partial charge < -0.3 is 23.7 Å². The van der Waals surface area contributed by atoms with Crippen LogP contribution in [-0.4, -0.2) is 75.9 Å². The van der Waals surface area contributed by atoms with Gasteiger partial charge in [-0.1, -0.05) is 36.9 Å². The normalized spacial score (nSPS) is 17.6. The third-order valence-electron chi connectivity index (χ3n) is 7.52. The summed E-state index contributed by atoms with van der Waals surface area (Å²) in [4.78, 5) is 41.2. The van der Waals surface area contributed by atoms with Crippen molar-refractivity contribution >= 4 is 35.7 Å². The van der Waals surface area contributed by atoms with Gasteiger partial charge in [-0.3, -0.25) is 9.59 Å². The molecule has 2 heterocycles. The predicted molar refractivity (Wildman–Crippen MR) is 181 cm³/mol. The van der Waals surface area contributed by atoms with Crippen LogP contribution in [0.25, 0.3) is 6.08 Å². The van der Waals surface area contributed by atoms with Gasteiger partial charge >= 0.3 is 17.9 Å². The summed E-state index contributed by atoms with van der Waals surface area (Å²) in [5.41, 5.74) is -1.51. The molecule has 3 aromatic rings. The number of nitriles is 1. The topological polar surface area (TPSA) is 152 Å². The van der Waals surface area contributed by atoms with E-state index in [1.54, 1.807) is 25.2 Å². The van der Waals surface area contributed by atoms with Gasteiger partial charge in [0.2, 0.25) is 0 Å². The lowest BCUT2D eigenvalue weighted by molar-refractivity contribution is -0.173. The van der Waals surface area contributed by atoms with Crippen LogP contribution in [0.15, 0.2) is 79.9 Å². The van der Waals surface area contributed by atoms with Crippen molar-refractivity contribution in [3.63, 3.8) is 0 Å². The molecule has 1 aromatic heterocycles. The van der Waals surface area contributed by atoms with Crippen LogP contribution in [0, 0.1) is 28.8 Å². The number of hydrogen-bond acceptors (Lipinski definition) is 12. The summed E-state index contributed by atoms with van der Waals surface area (Å²) in [5.74, 6) is -4.96. The molecule has 4 rings (SSSR count). The maximum Gasteiger partial charge on any atom is 0.345 e. The van der Waals surface area contributed by atoms with Gasteiger partial charge in [-0.2, -0.15) is 10.4 Å². The molecular formula is C36H35F3N4O8S. The number of thioether (sulfide) groups is 1. The van der Waals surface area contributed by atoms with Crippen LogP contribution in [0.3, 0.4) is 0 Å². The van der Waals surface area contributed by atoms with Gasteiger partial charge in [0.1, 0.15) is 36.7 Å². The molecule has 0 saturated carbocycles. The first-order valence-corrected chi connectivity index (χ1v) is 16.8. The van der Waals surface area contributed by atoms with E-state index in [1.165, 1.54) is 59.4 Å². The van der Waals surface area contributed by atoms with E-state index in [9.17, 15) is 23.2 Å². The summed E-state index contributed by atoms with van der Waals surface area (Å²) in [7, 11) is 0.